The Morgan fingerprint density at radius 2 is 2.00 bits per heavy atom. The molecule has 0 radical (unpaired) electrons. The van der Waals surface area contributed by atoms with Crippen molar-refractivity contribution >= 4 is 11.6 Å². The molecule has 1 aliphatic rings. The molecular formula is C14H24N4O. The van der Waals surface area contributed by atoms with E-state index >= 15 is 0 Å². The summed E-state index contributed by atoms with van der Waals surface area (Å²) < 4.78 is 5.53. The van der Waals surface area contributed by atoms with Crippen LogP contribution >= 0.6 is 0 Å². The standard InChI is InChI=1S/C14H24N4O/c1-5-6-15-13-12(19-4)14(17-9-16-13)18-7-10(2)11(3)8-18/h9-11H,5-8H2,1-4H3,(H,15,16,17). The molecule has 1 saturated heterocycles. The quantitative estimate of drug-likeness (QED) is 0.885. The molecule has 1 aromatic rings. The van der Waals surface area contributed by atoms with Crippen LogP contribution in [0.4, 0.5) is 11.6 Å². The summed E-state index contributed by atoms with van der Waals surface area (Å²) in [5.41, 5.74) is 0. The van der Waals surface area contributed by atoms with Crippen molar-refractivity contribution in [2.24, 2.45) is 11.8 Å². The maximum atomic E-state index is 5.53. The molecule has 5 heteroatoms. The van der Waals surface area contributed by atoms with E-state index in [2.05, 4.69) is 41.0 Å². The van der Waals surface area contributed by atoms with Gasteiger partial charge in [-0.05, 0) is 18.3 Å². The summed E-state index contributed by atoms with van der Waals surface area (Å²) in [7, 11) is 1.68. The Balaban J connectivity index is 2.25. The van der Waals surface area contributed by atoms with E-state index in [1.54, 1.807) is 13.4 Å². The SMILES string of the molecule is CCCNc1ncnc(N2CC(C)C(C)C2)c1OC. The van der Waals surface area contributed by atoms with Gasteiger partial charge in [0.15, 0.2) is 11.6 Å². The Labute approximate surface area is 115 Å². The van der Waals surface area contributed by atoms with Crippen LogP contribution in [-0.2, 0) is 0 Å². The van der Waals surface area contributed by atoms with Crippen molar-refractivity contribution in [2.75, 3.05) is 37.0 Å². The maximum Gasteiger partial charge on any atom is 0.204 e. The van der Waals surface area contributed by atoms with Gasteiger partial charge >= 0.3 is 0 Å². The highest BCUT2D eigenvalue weighted by molar-refractivity contribution is 5.65. The Morgan fingerprint density at radius 1 is 1.32 bits per heavy atom. The molecule has 0 aliphatic carbocycles. The molecule has 2 heterocycles. The van der Waals surface area contributed by atoms with Crippen molar-refractivity contribution in [3.8, 4) is 5.75 Å². The molecule has 2 unspecified atom stereocenters. The topological polar surface area (TPSA) is 50.3 Å². The molecule has 1 N–H and O–H groups in total. The molecule has 106 valence electrons. The van der Waals surface area contributed by atoms with Gasteiger partial charge in [-0.25, -0.2) is 9.97 Å². The van der Waals surface area contributed by atoms with Crippen molar-refractivity contribution in [1.29, 1.82) is 0 Å². The Morgan fingerprint density at radius 3 is 2.58 bits per heavy atom. The number of ether oxygens (including phenoxy) is 1. The molecule has 0 saturated carbocycles. The summed E-state index contributed by atoms with van der Waals surface area (Å²) in [5, 5.41) is 3.30. The van der Waals surface area contributed by atoms with E-state index in [4.69, 9.17) is 4.74 Å². The minimum absolute atomic E-state index is 0.687. The lowest BCUT2D eigenvalue weighted by atomic mass is 10.0. The second kappa shape index (κ2) is 6.08. The Hall–Kier alpha value is -1.52. The van der Waals surface area contributed by atoms with E-state index in [1.807, 2.05) is 0 Å². The van der Waals surface area contributed by atoms with Gasteiger partial charge < -0.3 is 15.0 Å². The fraction of sp³-hybridized carbons (Fsp3) is 0.714. The highest BCUT2D eigenvalue weighted by Crippen LogP contribution is 2.36. The highest BCUT2D eigenvalue weighted by Gasteiger charge is 2.29. The predicted molar refractivity (Wildman–Crippen MR) is 77.9 cm³/mol. The molecule has 0 spiro atoms. The zero-order chi connectivity index (χ0) is 13.8. The molecule has 2 atom stereocenters. The lowest BCUT2D eigenvalue weighted by Gasteiger charge is -2.21. The third-order valence-corrected chi connectivity index (χ3v) is 3.82. The number of anilines is 2. The normalized spacial score (nSPS) is 22.6. The molecule has 5 nitrogen and oxygen atoms in total. The Bertz CT molecular complexity index is 414. The van der Waals surface area contributed by atoms with Crippen LogP contribution in [0.5, 0.6) is 5.75 Å². The molecular weight excluding hydrogens is 240 g/mol. The monoisotopic (exact) mass is 264 g/mol. The van der Waals surface area contributed by atoms with Crippen LogP contribution < -0.4 is 15.0 Å². The van der Waals surface area contributed by atoms with Crippen LogP contribution in [0.15, 0.2) is 6.33 Å². The van der Waals surface area contributed by atoms with Crippen LogP contribution in [0.1, 0.15) is 27.2 Å². The molecule has 1 aromatic heterocycles. The second-order valence-electron chi connectivity index (χ2n) is 5.37. The first kappa shape index (κ1) is 13.9. The van der Waals surface area contributed by atoms with E-state index in [1.165, 1.54) is 0 Å². The number of nitrogens with one attached hydrogen (secondary N) is 1. The average molecular weight is 264 g/mol. The zero-order valence-corrected chi connectivity index (χ0v) is 12.3. The second-order valence-corrected chi connectivity index (χ2v) is 5.37. The van der Waals surface area contributed by atoms with Gasteiger partial charge in [0.1, 0.15) is 6.33 Å². The first-order valence-corrected chi connectivity index (χ1v) is 7.05. The van der Waals surface area contributed by atoms with Crippen LogP contribution in [-0.4, -0.2) is 36.7 Å². The molecule has 0 amide bonds. The van der Waals surface area contributed by atoms with Gasteiger partial charge in [0.2, 0.25) is 5.75 Å². The van der Waals surface area contributed by atoms with Gasteiger partial charge in [-0.2, -0.15) is 0 Å². The highest BCUT2D eigenvalue weighted by atomic mass is 16.5. The van der Waals surface area contributed by atoms with Crippen molar-refractivity contribution in [2.45, 2.75) is 27.2 Å². The third kappa shape index (κ3) is 2.91. The van der Waals surface area contributed by atoms with Crippen LogP contribution in [0, 0.1) is 11.8 Å². The molecule has 0 bridgehead atoms. The molecule has 1 aliphatic heterocycles. The van der Waals surface area contributed by atoms with Gasteiger partial charge in [-0.3, -0.25) is 0 Å². The van der Waals surface area contributed by atoms with Gasteiger partial charge in [-0.15, -0.1) is 0 Å². The molecule has 2 rings (SSSR count). The molecule has 0 aromatic carbocycles. The fourth-order valence-electron chi connectivity index (χ4n) is 2.45. The maximum absolute atomic E-state index is 5.53. The number of hydrogen-bond acceptors (Lipinski definition) is 5. The summed E-state index contributed by atoms with van der Waals surface area (Å²) >= 11 is 0. The number of methoxy groups -OCH3 is 1. The van der Waals surface area contributed by atoms with E-state index in [-0.39, 0.29) is 0 Å². The number of rotatable bonds is 5. The number of aromatic nitrogens is 2. The van der Waals surface area contributed by atoms with E-state index in [0.29, 0.717) is 11.8 Å². The minimum Gasteiger partial charge on any atom is -0.490 e. The minimum atomic E-state index is 0.687. The first-order chi connectivity index (χ1) is 9.17. The summed E-state index contributed by atoms with van der Waals surface area (Å²) in [6, 6.07) is 0. The van der Waals surface area contributed by atoms with Gasteiger partial charge in [-0.1, -0.05) is 20.8 Å². The van der Waals surface area contributed by atoms with Gasteiger partial charge in [0.25, 0.3) is 0 Å². The molecule has 1 fully saturated rings. The largest absolute Gasteiger partial charge is 0.490 e. The van der Waals surface area contributed by atoms with Crippen molar-refractivity contribution in [1.82, 2.24) is 9.97 Å². The summed E-state index contributed by atoms with van der Waals surface area (Å²) in [6.45, 7) is 9.65. The zero-order valence-electron chi connectivity index (χ0n) is 12.3. The van der Waals surface area contributed by atoms with Crippen molar-refractivity contribution < 1.29 is 4.74 Å². The molecule has 19 heavy (non-hydrogen) atoms. The summed E-state index contributed by atoms with van der Waals surface area (Å²) in [5.74, 6) is 3.84. The number of hydrogen-bond donors (Lipinski definition) is 1. The van der Waals surface area contributed by atoms with Crippen molar-refractivity contribution in [3.05, 3.63) is 6.33 Å². The van der Waals surface area contributed by atoms with Crippen LogP contribution in [0.3, 0.4) is 0 Å². The Kier molecular flexibility index (Phi) is 4.45. The summed E-state index contributed by atoms with van der Waals surface area (Å²) in [6.07, 6.45) is 2.67. The van der Waals surface area contributed by atoms with E-state index in [0.717, 1.165) is 43.4 Å². The predicted octanol–water partition coefficient (Wildman–Crippen LogP) is 2.40. The van der Waals surface area contributed by atoms with Crippen molar-refractivity contribution in [3.63, 3.8) is 0 Å². The summed E-state index contributed by atoms with van der Waals surface area (Å²) in [4.78, 5) is 11.0. The lowest BCUT2D eigenvalue weighted by Crippen LogP contribution is -2.22. The van der Waals surface area contributed by atoms with E-state index in [9.17, 15) is 0 Å². The smallest absolute Gasteiger partial charge is 0.204 e. The average Bonchev–Trinajstić information content (AvgIpc) is 2.75. The van der Waals surface area contributed by atoms with E-state index < -0.39 is 0 Å². The van der Waals surface area contributed by atoms with Gasteiger partial charge in [0, 0.05) is 19.6 Å². The first-order valence-electron chi connectivity index (χ1n) is 7.05. The van der Waals surface area contributed by atoms with Crippen LogP contribution in [0.2, 0.25) is 0 Å². The van der Waals surface area contributed by atoms with Crippen LogP contribution in [0.25, 0.3) is 0 Å². The lowest BCUT2D eigenvalue weighted by molar-refractivity contribution is 0.412. The van der Waals surface area contributed by atoms with Gasteiger partial charge in [0.05, 0.1) is 7.11 Å². The fourth-order valence-corrected chi connectivity index (χ4v) is 2.45. The third-order valence-electron chi connectivity index (χ3n) is 3.82. The number of nitrogens with zero attached hydrogens (tertiary/aromatic N) is 3.